The highest BCUT2D eigenvalue weighted by Gasteiger charge is 2.14. The maximum absolute atomic E-state index is 12.8. The minimum Gasteiger partial charge on any atom is -0.492 e. The summed E-state index contributed by atoms with van der Waals surface area (Å²) >= 11 is 0. The van der Waals surface area contributed by atoms with Crippen LogP contribution in [0.25, 0.3) is 0 Å². The van der Waals surface area contributed by atoms with Gasteiger partial charge in [0.05, 0.1) is 19.1 Å². The van der Waals surface area contributed by atoms with Gasteiger partial charge in [-0.1, -0.05) is 0 Å². The van der Waals surface area contributed by atoms with Crippen LogP contribution in [0.1, 0.15) is 19.9 Å². The van der Waals surface area contributed by atoms with Gasteiger partial charge >= 0.3 is 0 Å². The van der Waals surface area contributed by atoms with Gasteiger partial charge < -0.3 is 15.4 Å². The molecule has 1 aromatic carbocycles. The number of nitrogens with zero attached hydrogens (tertiary/aromatic N) is 2. The van der Waals surface area contributed by atoms with Gasteiger partial charge in [0.2, 0.25) is 5.91 Å². The maximum Gasteiger partial charge on any atom is 0.234 e. The average molecular weight is 334 g/mol. The number of nitrogens with one attached hydrogen (secondary N) is 2. The standard InChI is InChI=1S/C17H23FN4O2/c1-13(14(2)22-10-3-8-21-22)20-12-17(23)19-9-11-24-16-6-4-15(18)5-7-16/h3-8,10,13-14,20H,9,11-12H2,1-2H3,(H,19,23). The molecule has 2 N–H and O–H groups in total. The van der Waals surface area contributed by atoms with Gasteiger partial charge in [-0.05, 0) is 44.2 Å². The second-order valence-electron chi connectivity index (χ2n) is 5.55. The van der Waals surface area contributed by atoms with Crippen molar-refractivity contribution in [1.82, 2.24) is 20.4 Å². The monoisotopic (exact) mass is 334 g/mol. The molecular formula is C17H23FN4O2. The first-order valence-electron chi connectivity index (χ1n) is 7.94. The summed E-state index contributed by atoms with van der Waals surface area (Å²) in [5.74, 6) is 0.169. The molecule has 0 bridgehead atoms. The van der Waals surface area contributed by atoms with E-state index in [-0.39, 0.29) is 30.4 Å². The number of hydrogen-bond donors (Lipinski definition) is 2. The Morgan fingerprint density at radius 3 is 2.75 bits per heavy atom. The number of halogens is 1. The molecular weight excluding hydrogens is 311 g/mol. The smallest absolute Gasteiger partial charge is 0.234 e. The molecule has 0 aliphatic heterocycles. The lowest BCUT2D eigenvalue weighted by Gasteiger charge is -2.21. The van der Waals surface area contributed by atoms with E-state index in [1.54, 1.807) is 18.3 Å². The Morgan fingerprint density at radius 1 is 1.33 bits per heavy atom. The Kier molecular flexibility index (Phi) is 6.74. The molecule has 2 atom stereocenters. The highest BCUT2D eigenvalue weighted by molar-refractivity contribution is 5.77. The molecule has 0 saturated heterocycles. The number of amides is 1. The van der Waals surface area contributed by atoms with Gasteiger partial charge in [-0.2, -0.15) is 5.10 Å². The number of rotatable bonds is 9. The maximum atomic E-state index is 12.8. The van der Waals surface area contributed by atoms with Crippen molar-refractivity contribution in [2.24, 2.45) is 0 Å². The highest BCUT2D eigenvalue weighted by atomic mass is 19.1. The number of hydrogen-bond acceptors (Lipinski definition) is 4. The number of ether oxygens (including phenoxy) is 1. The third-order valence-electron chi connectivity index (χ3n) is 3.76. The summed E-state index contributed by atoms with van der Waals surface area (Å²) in [6.07, 6.45) is 3.63. The number of carbonyl (C=O) groups is 1. The first-order chi connectivity index (χ1) is 11.6. The van der Waals surface area contributed by atoms with Crippen molar-refractivity contribution in [3.05, 3.63) is 48.5 Å². The Balaban J connectivity index is 1.60. The van der Waals surface area contributed by atoms with Crippen LogP contribution in [0.3, 0.4) is 0 Å². The quantitative estimate of drug-likeness (QED) is 0.686. The molecule has 0 aliphatic carbocycles. The van der Waals surface area contributed by atoms with Crippen LogP contribution in [-0.4, -0.2) is 41.4 Å². The van der Waals surface area contributed by atoms with Gasteiger partial charge in [0.25, 0.3) is 0 Å². The van der Waals surface area contributed by atoms with Gasteiger partial charge in [0.1, 0.15) is 18.2 Å². The summed E-state index contributed by atoms with van der Waals surface area (Å²) in [4.78, 5) is 11.8. The van der Waals surface area contributed by atoms with Crippen LogP contribution in [0.15, 0.2) is 42.7 Å². The number of benzene rings is 1. The Labute approximate surface area is 141 Å². The summed E-state index contributed by atoms with van der Waals surface area (Å²) in [7, 11) is 0. The minimum absolute atomic E-state index is 0.0998. The molecule has 0 spiro atoms. The van der Waals surface area contributed by atoms with Gasteiger partial charge in [0.15, 0.2) is 0 Å². The summed E-state index contributed by atoms with van der Waals surface area (Å²) < 4.78 is 20.0. The molecule has 0 fully saturated rings. The molecule has 6 nitrogen and oxygen atoms in total. The molecule has 130 valence electrons. The predicted octanol–water partition coefficient (Wildman–Crippen LogP) is 1.76. The van der Waals surface area contributed by atoms with E-state index in [4.69, 9.17) is 4.74 Å². The zero-order chi connectivity index (χ0) is 17.4. The van der Waals surface area contributed by atoms with Crippen molar-refractivity contribution in [3.63, 3.8) is 0 Å². The third-order valence-corrected chi connectivity index (χ3v) is 3.76. The SMILES string of the molecule is CC(NCC(=O)NCCOc1ccc(F)cc1)C(C)n1cccn1. The molecule has 1 aromatic heterocycles. The van der Waals surface area contributed by atoms with E-state index in [1.165, 1.54) is 12.1 Å². The van der Waals surface area contributed by atoms with Crippen molar-refractivity contribution in [1.29, 1.82) is 0 Å². The Hall–Kier alpha value is -2.41. The summed E-state index contributed by atoms with van der Waals surface area (Å²) in [6.45, 7) is 5.00. The van der Waals surface area contributed by atoms with Gasteiger partial charge in [-0.3, -0.25) is 9.48 Å². The van der Waals surface area contributed by atoms with Crippen molar-refractivity contribution >= 4 is 5.91 Å². The molecule has 1 heterocycles. The van der Waals surface area contributed by atoms with Crippen LogP contribution in [-0.2, 0) is 4.79 Å². The number of carbonyl (C=O) groups excluding carboxylic acids is 1. The predicted molar refractivity (Wildman–Crippen MR) is 89.3 cm³/mol. The topological polar surface area (TPSA) is 68.2 Å². The molecule has 2 aromatic rings. The second-order valence-corrected chi connectivity index (χ2v) is 5.55. The van der Waals surface area contributed by atoms with E-state index >= 15 is 0 Å². The van der Waals surface area contributed by atoms with Gasteiger partial charge in [-0.25, -0.2) is 4.39 Å². The zero-order valence-corrected chi connectivity index (χ0v) is 13.9. The first-order valence-corrected chi connectivity index (χ1v) is 7.94. The number of aromatic nitrogens is 2. The summed E-state index contributed by atoms with van der Waals surface area (Å²) in [5.41, 5.74) is 0. The van der Waals surface area contributed by atoms with Crippen molar-refractivity contribution in [3.8, 4) is 5.75 Å². The molecule has 1 amide bonds. The van der Waals surface area contributed by atoms with E-state index in [1.807, 2.05) is 30.8 Å². The van der Waals surface area contributed by atoms with E-state index in [9.17, 15) is 9.18 Å². The van der Waals surface area contributed by atoms with Gasteiger partial charge in [-0.15, -0.1) is 0 Å². The van der Waals surface area contributed by atoms with Crippen molar-refractivity contribution in [2.45, 2.75) is 25.9 Å². The molecule has 7 heteroatoms. The summed E-state index contributed by atoms with van der Waals surface area (Å²) in [5, 5.41) is 10.1. The van der Waals surface area contributed by atoms with E-state index in [0.29, 0.717) is 18.9 Å². The lowest BCUT2D eigenvalue weighted by atomic mass is 10.2. The molecule has 0 aliphatic rings. The molecule has 2 rings (SSSR count). The van der Waals surface area contributed by atoms with Crippen LogP contribution in [0, 0.1) is 5.82 Å². The van der Waals surface area contributed by atoms with E-state index in [0.717, 1.165) is 0 Å². The lowest BCUT2D eigenvalue weighted by Crippen LogP contribution is -2.42. The molecule has 2 unspecified atom stereocenters. The van der Waals surface area contributed by atoms with Crippen LogP contribution >= 0.6 is 0 Å². The minimum atomic E-state index is -0.305. The first kappa shape index (κ1) is 17.9. The lowest BCUT2D eigenvalue weighted by molar-refractivity contribution is -0.120. The largest absolute Gasteiger partial charge is 0.492 e. The van der Waals surface area contributed by atoms with Crippen molar-refractivity contribution < 1.29 is 13.9 Å². The Morgan fingerprint density at radius 2 is 2.08 bits per heavy atom. The fourth-order valence-corrected chi connectivity index (χ4v) is 2.13. The van der Waals surface area contributed by atoms with Gasteiger partial charge in [0, 0.05) is 18.4 Å². The molecule has 0 radical (unpaired) electrons. The molecule has 0 saturated carbocycles. The fraction of sp³-hybridized carbons (Fsp3) is 0.412. The van der Waals surface area contributed by atoms with Crippen molar-refractivity contribution in [2.75, 3.05) is 19.7 Å². The van der Waals surface area contributed by atoms with Crippen LogP contribution in [0.4, 0.5) is 4.39 Å². The second kappa shape index (κ2) is 9.02. The van der Waals surface area contributed by atoms with E-state index < -0.39 is 0 Å². The normalized spacial score (nSPS) is 13.3. The molecule has 24 heavy (non-hydrogen) atoms. The van der Waals surface area contributed by atoms with Crippen LogP contribution in [0.5, 0.6) is 5.75 Å². The summed E-state index contributed by atoms with van der Waals surface area (Å²) in [6, 6.07) is 7.89. The fourth-order valence-electron chi connectivity index (χ4n) is 2.13. The average Bonchev–Trinajstić information content (AvgIpc) is 3.12. The van der Waals surface area contributed by atoms with Crippen LogP contribution in [0.2, 0.25) is 0 Å². The Bertz CT molecular complexity index is 616. The highest BCUT2D eigenvalue weighted by Crippen LogP contribution is 2.10. The third kappa shape index (κ3) is 5.66. The zero-order valence-electron chi connectivity index (χ0n) is 13.9. The van der Waals surface area contributed by atoms with Crippen LogP contribution < -0.4 is 15.4 Å². The van der Waals surface area contributed by atoms with E-state index in [2.05, 4.69) is 15.7 Å².